The van der Waals surface area contributed by atoms with E-state index in [0.29, 0.717) is 17.4 Å². The van der Waals surface area contributed by atoms with Crippen LogP contribution in [-0.2, 0) is 9.53 Å². The van der Waals surface area contributed by atoms with Crippen molar-refractivity contribution in [3.63, 3.8) is 0 Å². The number of amides is 1. The first-order chi connectivity index (χ1) is 11.5. The molecule has 1 saturated carbocycles. The molecule has 1 aliphatic rings. The molecule has 0 unspecified atom stereocenters. The Morgan fingerprint density at radius 2 is 2.12 bits per heavy atom. The molecule has 1 aliphatic carbocycles. The fourth-order valence-corrected chi connectivity index (χ4v) is 3.99. The first-order valence-electron chi connectivity index (χ1n) is 8.12. The van der Waals surface area contributed by atoms with Gasteiger partial charge in [-0.2, -0.15) is 5.10 Å². The minimum Gasteiger partial charge on any atom is -0.452 e. The van der Waals surface area contributed by atoms with Crippen LogP contribution in [0.4, 0.5) is 5.82 Å². The highest BCUT2D eigenvalue weighted by Gasteiger charge is 2.21. The number of carbonyl (C=O) groups excluding carboxylic acids is 2. The van der Waals surface area contributed by atoms with Gasteiger partial charge >= 0.3 is 5.97 Å². The standard InChI is InChI=1S/C17H21N3O3S/c1-11-9-14(12(2)24-11)17(22)23-10-16(21)19-15-7-8-18-20(15)13-5-3-4-6-13/h7-9,13H,3-6,10H2,1-2H3,(H,19,21). The number of aromatic nitrogens is 2. The number of rotatable bonds is 5. The second kappa shape index (κ2) is 7.17. The molecule has 6 nitrogen and oxygen atoms in total. The summed E-state index contributed by atoms with van der Waals surface area (Å²) in [5.41, 5.74) is 0.529. The smallest absolute Gasteiger partial charge is 0.339 e. The molecule has 1 fully saturated rings. The van der Waals surface area contributed by atoms with Crippen LogP contribution in [0.5, 0.6) is 0 Å². The average molecular weight is 347 g/mol. The number of hydrogen-bond acceptors (Lipinski definition) is 5. The van der Waals surface area contributed by atoms with Crippen LogP contribution in [-0.4, -0.2) is 28.3 Å². The van der Waals surface area contributed by atoms with Crippen molar-refractivity contribution in [2.75, 3.05) is 11.9 Å². The SMILES string of the molecule is Cc1cc(C(=O)OCC(=O)Nc2ccnn2C2CCCC2)c(C)s1. The lowest BCUT2D eigenvalue weighted by Gasteiger charge is -2.14. The molecular weight excluding hydrogens is 326 g/mol. The van der Waals surface area contributed by atoms with Crippen LogP contribution in [0.25, 0.3) is 0 Å². The number of anilines is 1. The van der Waals surface area contributed by atoms with E-state index in [1.165, 1.54) is 24.2 Å². The zero-order chi connectivity index (χ0) is 17.1. The van der Waals surface area contributed by atoms with Gasteiger partial charge in [-0.05, 0) is 32.8 Å². The molecule has 2 heterocycles. The van der Waals surface area contributed by atoms with Crippen LogP contribution in [0, 0.1) is 13.8 Å². The van der Waals surface area contributed by atoms with Gasteiger partial charge in [0.1, 0.15) is 5.82 Å². The van der Waals surface area contributed by atoms with E-state index < -0.39 is 5.97 Å². The van der Waals surface area contributed by atoms with E-state index in [4.69, 9.17) is 4.74 Å². The largest absolute Gasteiger partial charge is 0.452 e. The molecule has 2 aromatic rings. The van der Waals surface area contributed by atoms with Crippen molar-refractivity contribution in [1.29, 1.82) is 0 Å². The van der Waals surface area contributed by atoms with Gasteiger partial charge in [-0.1, -0.05) is 12.8 Å². The maximum atomic E-state index is 12.1. The number of esters is 1. The number of nitrogens with zero attached hydrogens (tertiary/aromatic N) is 2. The van der Waals surface area contributed by atoms with Gasteiger partial charge in [0.2, 0.25) is 0 Å². The van der Waals surface area contributed by atoms with Crippen molar-refractivity contribution < 1.29 is 14.3 Å². The predicted octanol–water partition coefficient (Wildman–Crippen LogP) is 3.47. The van der Waals surface area contributed by atoms with Crippen LogP contribution in [0.15, 0.2) is 18.3 Å². The van der Waals surface area contributed by atoms with Gasteiger partial charge in [0, 0.05) is 15.8 Å². The van der Waals surface area contributed by atoms with E-state index in [2.05, 4.69) is 10.4 Å². The zero-order valence-electron chi connectivity index (χ0n) is 13.9. The fourth-order valence-electron chi connectivity index (χ4n) is 3.07. The Morgan fingerprint density at radius 3 is 2.79 bits per heavy atom. The Balaban J connectivity index is 1.56. The third kappa shape index (κ3) is 3.67. The van der Waals surface area contributed by atoms with Gasteiger partial charge in [-0.15, -0.1) is 11.3 Å². The van der Waals surface area contributed by atoms with E-state index >= 15 is 0 Å². The molecule has 1 N–H and O–H groups in total. The molecule has 0 aliphatic heterocycles. The van der Waals surface area contributed by atoms with Crippen LogP contribution >= 0.6 is 11.3 Å². The van der Waals surface area contributed by atoms with Gasteiger partial charge in [0.05, 0.1) is 17.8 Å². The summed E-state index contributed by atoms with van der Waals surface area (Å²) in [7, 11) is 0. The topological polar surface area (TPSA) is 73.2 Å². The van der Waals surface area contributed by atoms with Crippen molar-refractivity contribution in [2.24, 2.45) is 0 Å². The second-order valence-corrected chi connectivity index (χ2v) is 7.51. The highest BCUT2D eigenvalue weighted by Crippen LogP contribution is 2.31. The zero-order valence-corrected chi connectivity index (χ0v) is 14.7. The summed E-state index contributed by atoms with van der Waals surface area (Å²) < 4.78 is 6.98. The van der Waals surface area contributed by atoms with Crippen LogP contribution in [0.3, 0.4) is 0 Å². The molecule has 128 valence electrons. The first-order valence-corrected chi connectivity index (χ1v) is 8.94. The summed E-state index contributed by atoms with van der Waals surface area (Å²) in [6, 6.07) is 3.90. The van der Waals surface area contributed by atoms with E-state index in [1.807, 2.05) is 18.5 Å². The molecule has 24 heavy (non-hydrogen) atoms. The summed E-state index contributed by atoms with van der Waals surface area (Å²) in [4.78, 5) is 26.1. The summed E-state index contributed by atoms with van der Waals surface area (Å²) >= 11 is 1.54. The van der Waals surface area contributed by atoms with Gasteiger partial charge in [0.25, 0.3) is 5.91 Å². The fraction of sp³-hybridized carbons (Fsp3) is 0.471. The van der Waals surface area contributed by atoms with Crippen LogP contribution < -0.4 is 5.32 Å². The molecule has 0 radical (unpaired) electrons. The van der Waals surface area contributed by atoms with Gasteiger partial charge in [-0.3, -0.25) is 4.79 Å². The lowest BCUT2D eigenvalue weighted by molar-refractivity contribution is -0.119. The Hall–Kier alpha value is -2.15. The Kier molecular flexibility index (Phi) is 4.99. The lowest BCUT2D eigenvalue weighted by atomic mass is 10.2. The minimum absolute atomic E-state index is 0.303. The summed E-state index contributed by atoms with van der Waals surface area (Å²) in [5, 5.41) is 7.08. The normalized spacial score (nSPS) is 14.8. The minimum atomic E-state index is -0.462. The third-order valence-corrected chi connectivity index (χ3v) is 5.17. The number of aryl methyl sites for hydroxylation is 2. The van der Waals surface area contributed by atoms with E-state index in [1.54, 1.807) is 18.3 Å². The third-order valence-electron chi connectivity index (χ3n) is 4.20. The van der Waals surface area contributed by atoms with Crippen molar-refractivity contribution >= 4 is 29.0 Å². The molecule has 0 spiro atoms. The molecule has 2 aromatic heterocycles. The lowest BCUT2D eigenvalue weighted by Crippen LogP contribution is -2.23. The molecular formula is C17H21N3O3S. The van der Waals surface area contributed by atoms with Gasteiger partial charge in [-0.25, -0.2) is 9.48 Å². The summed E-state index contributed by atoms with van der Waals surface area (Å²) in [6.45, 7) is 3.50. The maximum absolute atomic E-state index is 12.1. The Bertz CT molecular complexity index is 744. The van der Waals surface area contributed by atoms with Crippen LogP contribution in [0.1, 0.15) is 51.8 Å². The van der Waals surface area contributed by atoms with Crippen molar-refractivity contribution in [2.45, 2.75) is 45.6 Å². The highest BCUT2D eigenvalue weighted by atomic mass is 32.1. The quantitative estimate of drug-likeness (QED) is 0.841. The molecule has 0 atom stereocenters. The van der Waals surface area contributed by atoms with Crippen molar-refractivity contribution in [3.05, 3.63) is 33.6 Å². The molecule has 0 saturated heterocycles. The monoisotopic (exact) mass is 347 g/mol. The maximum Gasteiger partial charge on any atom is 0.339 e. The number of nitrogens with one attached hydrogen (secondary N) is 1. The van der Waals surface area contributed by atoms with E-state index in [-0.39, 0.29) is 12.5 Å². The van der Waals surface area contributed by atoms with E-state index in [9.17, 15) is 9.59 Å². The van der Waals surface area contributed by atoms with Gasteiger partial charge < -0.3 is 10.1 Å². The number of thiophene rings is 1. The number of ether oxygens (including phenoxy) is 1. The van der Waals surface area contributed by atoms with E-state index in [0.717, 1.165) is 22.6 Å². The first kappa shape index (κ1) is 16.7. The van der Waals surface area contributed by atoms with Crippen LogP contribution in [0.2, 0.25) is 0 Å². The Morgan fingerprint density at radius 1 is 1.38 bits per heavy atom. The number of hydrogen-bond donors (Lipinski definition) is 1. The predicted molar refractivity (Wildman–Crippen MR) is 92.4 cm³/mol. The summed E-state index contributed by atoms with van der Waals surface area (Å²) in [6.07, 6.45) is 6.22. The highest BCUT2D eigenvalue weighted by molar-refractivity contribution is 7.12. The Labute approximate surface area is 144 Å². The second-order valence-electron chi connectivity index (χ2n) is 6.05. The van der Waals surface area contributed by atoms with Crippen molar-refractivity contribution in [1.82, 2.24) is 9.78 Å². The van der Waals surface area contributed by atoms with Gasteiger partial charge in [0.15, 0.2) is 6.61 Å². The van der Waals surface area contributed by atoms with Crippen molar-refractivity contribution in [3.8, 4) is 0 Å². The molecule has 0 bridgehead atoms. The summed E-state index contributed by atoms with van der Waals surface area (Å²) in [5.74, 6) is -0.158. The molecule has 7 heteroatoms. The molecule has 1 amide bonds. The average Bonchev–Trinajstić information content (AvgIpc) is 3.25. The molecule has 3 rings (SSSR count). The molecule has 0 aromatic carbocycles. The number of carbonyl (C=O) groups is 2.